The monoisotopic (exact) mass is 247 g/mol. The molecule has 82 valence electrons. The quantitative estimate of drug-likeness (QED) is 0.798. The van der Waals surface area contributed by atoms with Crippen molar-refractivity contribution in [3.05, 3.63) is 33.6 Å². The average Bonchev–Trinajstić information content (AvgIpc) is 2.84. The van der Waals surface area contributed by atoms with Crippen LogP contribution in [0.1, 0.15) is 18.9 Å². The van der Waals surface area contributed by atoms with E-state index in [1.54, 1.807) is 0 Å². The molecule has 2 atom stereocenters. The molecule has 0 heterocycles. The topological polar surface area (TPSA) is 26.0 Å². The van der Waals surface area contributed by atoms with E-state index in [2.05, 4.69) is 6.92 Å². The molecule has 1 aromatic rings. The fourth-order valence-electron chi connectivity index (χ4n) is 2.09. The van der Waals surface area contributed by atoms with Crippen LogP contribution in [0.2, 0.25) is 10.0 Å². The minimum absolute atomic E-state index is 0.0669. The van der Waals surface area contributed by atoms with Crippen LogP contribution in [-0.2, 0) is 5.41 Å². The van der Waals surface area contributed by atoms with Gasteiger partial charge in [0.25, 0.3) is 0 Å². The predicted molar refractivity (Wildman–Crippen MR) is 60.9 cm³/mol. The highest BCUT2D eigenvalue weighted by Crippen LogP contribution is 2.55. The molecule has 1 aromatic carbocycles. The van der Waals surface area contributed by atoms with Gasteiger partial charge in [0.1, 0.15) is 5.82 Å². The summed E-state index contributed by atoms with van der Waals surface area (Å²) in [5, 5.41) is 0.595. The van der Waals surface area contributed by atoms with Gasteiger partial charge in [-0.1, -0.05) is 30.1 Å². The van der Waals surface area contributed by atoms with Crippen LogP contribution >= 0.6 is 23.2 Å². The summed E-state index contributed by atoms with van der Waals surface area (Å²) >= 11 is 11.7. The summed E-state index contributed by atoms with van der Waals surface area (Å²) < 4.78 is 13.3. The zero-order chi connectivity index (χ0) is 11.2. The van der Waals surface area contributed by atoms with Crippen LogP contribution in [0.5, 0.6) is 0 Å². The van der Waals surface area contributed by atoms with Crippen LogP contribution in [0.4, 0.5) is 4.39 Å². The SMILES string of the molecule is CC1(c2cc(F)c(Cl)cc2Cl)CC1CN. The van der Waals surface area contributed by atoms with Crippen LogP contribution in [0.25, 0.3) is 0 Å². The Morgan fingerprint density at radius 2 is 2.13 bits per heavy atom. The fraction of sp³-hybridized carbons (Fsp3) is 0.455. The molecule has 0 radical (unpaired) electrons. The van der Waals surface area contributed by atoms with Crippen LogP contribution in [0.3, 0.4) is 0 Å². The van der Waals surface area contributed by atoms with Gasteiger partial charge in [0.2, 0.25) is 0 Å². The Kier molecular flexibility index (Phi) is 2.70. The third kappa shape index (κ3) is 1.75. The molecule has 1 aliphatic carbocycles. The molecule has 0 spiro atoms. The average molecular weight is 248 g/mol. The summed E-state index contributed by atoms with van der Waals surface area (Å²) in [5.74, 6) is -0.0180. The van der Waals surface area contributed by atoms with E-state index in [4.69, 9.17) is 28.9 Å². The summed E-state index contributed by atoms with van der Waals surface area (Å²) in [7, 11) is 0. The molecular formula is C11H12Cl2FN. The molecule has 2 N–H and O–H groups in total. The first kappa shape index (κ1) is 11.2. The van der Waals surface area contributed by atoms with Crippen LogP contribution < -0.4 is 5.73 Å². The van der Waals surface area contributed by atoms with Crippen LogP contribution in [0, 0.1) is 11.7 Å². The smallest absolute Gasteiger partial charge is 0.142 e. The van der Waals surface area contributed by atoms with Crippen molar-refractivity contribution in [1.29, 1.82) is 0 Å². The van der Waals surface area contributed by atoms with Crippen LogP contribution in [-0.4, -0.2) is 6.54 Å². The van der Waals surface area contributed by atoms with E-state index in [0.29, 0.717) is 17.5 Å². The Bertz CT molecular complexity index is 408. The van der Waals surface area contributed by atoms with Gasteiger partial charge in [-0.3, -0.25) is 0 Å². The molecule has 1 nitrogen and oxygen atoms in total. The lowest BCUT2D eigenvalue weighted by Gasteiger charge is -2.14. The Morgan fingerprint density at radius 3 is 2.67 bits per heavy atom. The van der Waals surface area contributed by atoms with Gasteiger partial charge in [-0.25, -0.2) is 4.39 Å². The van der Waals surface area contributed by atoms with Crippen molar-refractivity contribution in [2.24, 2.45) is 11.7 Å². The lowest BCUT2D eigenvalue weighted by atomic mass is 9.95. The summed E-state index contributed by atoms with van der Waals surface area (Å²) in [4.78, 5) is 0. The second-order valence-electron chi connectivity index (χ2n) is 4.30. The number of benzene rings is 1. The van der Waals surface area contributed by atoms with Crippen molar-refractivity contribution in [2.45, 2.75) is 18.8 Å². The van der Waals surface area contributed by atoms with Gasteiger partial charge >= 0.3 is 0 Å². The van der Waals surface area contributed by atoms with Crippen molar-refractivity contribution >= 4 is 23.2 Å². The summed E-state index contributed by atoms with van der Waals surface area (Å²) in [6.45, 7) is 2.66. The fourth-order valence-corrected chi connectivity index (χ4v) is 2.69. The molecule has 0 amide bonds. The Hall–Kier alpha value is -0.310. The Labute approximate surface area is 98.4 Å². The summed E-state index contributed by atoms with van der Waals surface area (Å²) in [5.41, 5.74) is 6.35. The molecule has 2 unspecified atom stereocenters. The molecule has 1 fully saturated rings. The van der Waals surface area contributed by atoms with Crippen molar-refractivity contribution in [3.63, 3.8) is 0 Å². The first-order valence-electron chi connectivity index (χ1n) is 4.84. The van der Waals surface area contributed by atoms with Gasteiger partial charge in [0.05, 0.1) is 5.02 Å². The van der Waals surface area contributed by atoms with Crippen molar-refractivity contribution in [1.82, 2.24) is 0 Å². The van der Waals surface area contributed by atoms with Gasteiger partial charge in [0.15, 0.2) is 0 Å². The van der Waals surface area contributed by atoms with E-state index >= 15 is 0 Å². The lowest BCUT2D eigenvalue weighted by molar-refractivity contribution is 0.612. The third-order valence-electron chi connectivity index (χ3n) is 3.32. The minimum Gasteiger partial charge on any atom is -0.330 e. The molecule has 0 bridgehead atoms. The number of halogens is 3. The molecule has 0 saturated heterocycles. The van der Waals surface area contributed by atoms with E-state index in [0.717, 1.165) is 12.0 Å². The maximum Gasteiger partial charge on any atom is 0.142 e. The van der Waals surface area contributed by atoms with E-state index in [1.807, 2.05) is 0 Å². The first-order chi connectivity index (χ1) is 6.99. The van der Waals surface area contributed by atoms with Gasteiger partial charge in [-0.2, -0.15) is 0 Å². The zero-order valence-corrected chi connectivity index (χ0v) is 9.87. The standard InChI is InChI=1S/C11H12Cl2FN/c1-11(4-6(11)5-15)7-2-10(14)9(13)3-8(7)12/h2-3,6H,4-5,15H2,1H3. The van der Waals surface area contributed by atoms with Crippen molar-refractivity contribution in [2.75, 3.05) is 6.54 Å². The molecule has 0 aliphatic heterocycles. The van der Waals surface area contributed by atoms with Gasteiger partial charge in [-0.05, 0) is 42.0 Å². The molecule has 1 aliphatic rings. The third-order valence-corrected chi connectivity index (χ3v) is 3.92. The van der Waals surface area contributed by atoms with Gasteiger partial charge in [0, 0.05) is 5.02 Å². The maximum atomic E-state index is 13.3. The van der Waals surface area contributed by atoms with E-state index in [1.165, 1.54) is 12.1 Å². The van der Waals surface area contributed by atoms with E-state index in [-0.39, 0.29) is 10.4 Å². The first-order valence-corrected chi connectivity index (χ1v) is 5.59. The normalized spacial score (nSPS) is 29.3. The molecule has 1 saturated carbocycles. The lowest BCUT2D eigenvalue weighted by Crippen LogP contribution is -2.12. The minimum atomic E-state index is -0.417. The molecule has 15 heavy (non-hydrogen) atoms. The Balaban J connectivity index is 2.42. The van der Waals surface area contributed by atoms with Crippen LogP contribution in [0.15, 0.2) is 12.1 Å². The van der Waals surface area contributed by atoms with E-state index in [9.17, 15) is 4.39 Å². The Morgan fingerprint density at radius 1 is 1.47 bits per heavy atom. The highest BCUT2D eigenvalue weighted by Gasteiger charge is 2.51. The predicted octanol–water partition coefficient (Wildman–Crippen LogP) is 3.37. The maximum absolute atomic E-state index is 13.3. The second-order valence-corrected chi connectivity index (χ2v) is 5.11. The largest absolute Gasteiger partial charge is 0.330 e. The number of hydrogen-bond acceptors (Lipinski definition) is 1. The highest BCUT2D eigenvalue weighted by atomic mass is 35.5. The number of hydrogen-bond donors (Lipinski definition) is 1. The summed E-state index contributed by atoms with van der Waals surface area (Å²) in [6.07, 6.45) is 0.963. The number of rotatable bonds is 2. The number of nitrogens with two attached hydrogens (primary N) is 1. The van der Waals surface area contributed by atoms with Crippen molar-refractivity contribution < 1.29 is 4.39 Å². The molecule has 0 aromatic heterocycles. The zero-order valence-electron chi connectivity index (χ0n) is 8.36. The molecule has 4 heteroatoms. The second kappa shape index (κ2) is 3.62. The molecule has 2 rings (SSSR count). The van der Waals surface area contributed by atoms with E-state index < -0.39 is 5.82 Å². The van der Waals surface area contributed by atoms with Gasteiger partial charge in [-0.15, -0.1) is 0 Å². The summed E-state index contributed by atoms with van der Waals surface area (Å²) in [6, 6.07) is 2.89. The molecular weight excluding hydrogens is 236 g/mol. The van der Waals surface area contributed by atoms with Gasteiger partial charge < -0.3 is 5.73 Å². The highest BCUT2D eigenvalue weighted by molar-refractivity contribution is 6.35. The van der Waals surface area contributed by atoms with Crippen molar-refractivity contribution in [3.8, 4) is 0 Å².